The van der Waals surface area contributed by atoms with Crippen molar-refractivity contribution < 1.29 is 9.90 Å². The molecule has 198 valence electrons. The lowest BCUT2D eigenvalue weighted by atomic mass is 10.1. The molecule has 5 heteroatoms. The molecule has 0 saturated carbocycles. The van der Waals surface area contributed by atoms with E-state index in [0.29, 0.717) is 0 Å². The maximum atomic E-state index is 10.2. The summed E-state index contributed by atoms with van der Waals surface area (Å²) in [5.74, 6) is -0.653. The number of carbonyl (C=O) groups excluding carboxylic acids is 1. The van der Waals surface area contributed by atoms with Crippen LogP contribution in [0.5, 0.6) is 0 Å². The molecule has 2 rings (SSSR count). The minimum Gasteiger partial charge on any atom is -0.550 e. The quantitative estimate of drug-likeness (QED) is 0.0856. The number of nitrogens with zero attached hydrogens (tertiary/aromatic N) is 1. The van der Waals surface area contributed by atoms with Crippen molar-refractivity contribution in [1.82, 2.24) is 4.58 Å². The van der Waals surface area contributed by atoms with E-state index >= 15 is 0 Å². The number of rotatable bonds is 17. The van der Waals surface area contributed by atoms with E-state index in [-0.39, 0.29) is 12.4 Å². The first kappa shape index (κ1) is 31.0. The first-order valence-corrected chi connectivity index (χ1v) is 13.7. The van der Waals surface area contributed by atoms with Gasteiger partial charge in [0.1, 0.15) is 11.4 Å². The van der Waals surface area contributed by atoms with Gasteiger partial charge in [0, 0.05) is 5.97 Å². The van der Waals surface area contributed by atoms with Crippen LogP contribution < -0.4 is 21.1 Å². The fourth-order valence-corrected chi connectivity index (χ4v) is 3.94. The van der Waals surface area contributed by atoms with Gasteiger partial charge in [0.25, 0.3) is 0 Å². The summed E-state index contributed by atoms with van der Waals surface area (Å²) in [6.45, 7) is 2.26. The molecular weight excluding hydrogens is 446 g/mol. The van der Waals surface area contributed by atoms with Crippen LogP contribution in [-0.4, -0.2) is 11.9 Å². The number of aliphatic carboxylic acids is 1. The van der Waals surface area contributed by atoms with E-state index in [0.717, 1.165) is 30.6 Å². The van der Waals surface area contributed by atoms with Crippen LogP contribution in [0.4, 0.5) is 11.4 Å². The first-order chi connectivity index (χ1) is 17.6. The second-order valence-corrected chi connectivity index (χ2v) is 9.14. The lowest BCUT2D eigenvalue weighted by molar-refractivity contribution is -0.305. The van der Waals surface area contributed by atoms with Crippen molar-refractivity contribution >= 4 is 23.3 Å². The molecule has 4 N–H and O–H groups in total. The van der Waals surface area contributed by atoms with Crippen molar-refractivity contribution in [3.63, 3.8) is 0 Å². The highest BCUT2D eigenvalue weighted by molar-refractivity contribution is 5.83. The molecule has 5 nitrogen and oxygen atoms in total. The first-order valence-electron chi connectivity index (χ1n) is 13.7. The standard InChI is InChI=1S/C18H34O2.C13H13N3/c1-2-3-4-5-6-7-8-9-10-11-12-13-14-15-16-17-18(19)20;14-13(15)16(11-7-3-1-4-8-11)12-9-5-2-6-10-12/h9-10H,2-8,11-17H2,1H3,(H,19,20);1-10H,(H3,14,15)/b10-9-;. The summed E-state index contributed by atoms with van der Waals surface area (Å²) in [6.07, 6.45) is 20.9. The van der Waals surface area contributed by atoms with Gasteiger partial charge in [0.2, 0.25) is 0 Å². The number of unbranched alkanes of at least 4 members (excludes halogenated alkanes) is 11. The number of guanidine groups is 1. The van der Waals surface area contributed by atoms with Crippen LogP contribution >= 0.6 is 0 Å². The average Bonchev–Trinajstić information content (AvgIpc) is 2.88. The highest BCUT2D eigenvalue weighted by Crippen LogP contribution is 2.19. The van der Waals surface area contributed by atoms with Gasteiger partial charge in [0.15, 0.2) is 0 Å². The number of allylic oxidation sites excluding steroid dienone is 2. The summed E-state index contributed by atoms with van der Waals surface area (Å²) in [6, 6.07) is 19.6. The number of para-hydroxylation sites is 2. The molecule has 0 aliphatic carbocycles. The van der Waals surface area contributed by atoms with E-state index in [4.69, 9.17) is 11.5 Å². The fraction of sp³-hybridized carbons (Fsp3) is 0.484. The highest BCUT2D eigenvalue weighted by Gasteiger charge is 2.09. The van der Waals surface area contributed by atoms with Gasteiger partial charge in [-0.15, -0.1) is 0 Å². The molecule has 0 fully saturated rings. The van der Waals surface area contributed by atoms with Crippen LogP contribution in [0.1, 0.15) is 96.8 Å². The van der Waals surface area contributed by atoms with Gasteiger partial charge in [-0.05, 0) is 62.8 Å². The Morgan fingerprint density at radius 2 is 1.11 bits per heavy atom. The summed E-state index contributed by atoms with van der Waals surface area (Å²) >= 11 is 0. The van der Waals surface area contributed by atoms with E-state index in [1.165, 1.54) is 64.2 Å². The lowest BCUT2D eigenvalue weighted by Gasteiger charge is -2.08. The molecule has 2 aromatic carbocycles. The Morgan fingerprint density at radius 3 is 1.53 bits per heavy atom. The van der Waals surface area contributed by atoms with Gasteiger partial charge in [-0.25, -0.2) is 0 Å². The minimum absolute atomic E-state index is 0.220. The van der Waals surface area contributed by atoms with Crippen LogP contribution in [0.3, 0.4) is 0 Å². The normalized spacial score (nSPS) is 10.6. The molecule has 0 aliphatic rings. The second kappa shape index (κ2) is 21.2. The van der Waals surface area contributed by atoms with Crippen molar-refractivity contribution in [2.45, 2.75) is 96.8 Å². The molecule has 36 heavy (non-hydrogen) atoms. The lowest BCUT2D eigenvalue weighted by Crippen LogP contribution is -2.33. The number of hydrogen-bond acceptors (Lipinski definition) is 2. The zero-order valence-corrected chi connectivity index (χ0v) is 22.2. The van der Waals surface area contributed by atoms with E-state index in [2.05, 4.69) is 19.1 Å². The molecule has 2 aromatic rings. The summed E-state index contributed by atoms with van der Waals surface area (Å²) < 4.78 is 1.81. The number of nitrogens with two attached hydrogens (primary N) is 2. The smallest absolute Gasteiger partial charge is 0.351 e. The van der Waals surface area contributed by atoms with E-state index in [9.17, 15) is 9.90 Å². The Labute approximate surface area is 218 Å². The molecule has 0 bridgehead atoms. The SMILES string of the molecule is CCCCCCCC/C=C\CCCCCCCC(=O)[O-].NC(N)=[N+](c1ccccc1)c1ccccc1. The third-order valence-electron chi connectivity index (χ3n) is 5.93. The van der Waals surface area contributed by atoms with Gasteiger partial charge < -0.3 is 9.90 Å². The van der Waals surface area contributed by atoms with Crippen LogP contribution in [0, 0.1) is 0 Å². The minimum atomic E-state index is -0.914. The van der Waals surface area contributed by atoms with Crippen molar-refractivity contribution in [3.05, 3.63) is 72.8 Å². The predicted octanol–water partition coefficient (Wildman–Crippen LogP) is 6.57. The fourth-order valence-electron chi connectivity index (χ4n) is 3.94. The maximum absolute atomic E-state index is 10.2. The number of carboxylic acid groups (broad SMARTS) is 1. The molecule has 0 heterocycles. The summed E-state index contributed by atoms with van der Waals surface area (Å²) in [4.78, 5) is 10.2. The Balaban J connectivity index is 0.000000367. The monoisotopic (exact) mass is 493 g/mol. The van der Waals surface area contributed by atoms with Crippen molar-refractivity contribution in [2.24, 2.45) is 11.5 Å². The number of hydrogen-bond donors (Lipinski definition) is 2. The van der Waals surface area contributed by atoms with Crippen LogP contribution in [0.25, 0.3) is 0 Å². The van der Waals surface area contributed by atoms with Gasteiger partial charge >= 0.3 is 5.96 Å². The molecule has 0 radical (unpaired) electrons. The topological polar surface area (TPSA) is 95.2 Å². The highest BCUT2D eigenvalue weighted by atomic mass is 16.4. The Hall–Kier alpha value is -3.08. The predicted molar refractivity (Wildman–Crippen MR) is 152 cm³/mol. The molecule has 0 aromatic heterocycles. The molecule has 0 unspecified atom stereocenters. The average molecular weight is 494 g/mol. The molecule has 0 spiro atoms. The summed E-state index contributed by atoms with van der Waals surface area (Å²) in [5, 5.41) is 10.2. The van der Waals surface area contributed by atoms with E-state index < -0.39 is 5.97 Å². The molecule has 0 aliphatic heterocycles. The van der Waals surface area contributed by atoms with Crippen molar-refractivity contribution in [1.29, 1.82) is 0 Å². The van der Waals surface area contributed by atoms with Gasteiger partial charge in [-0.3, -0.25) is 11.5 Å². The summed E-state index contributed by atoms with van der Waals surface area (Å²) in [7, 11) is 0. The maximum Gasteiger partial charge on any atom is 0.351 e. The van der Waals surface area contributed by atoms with Crippen LogP contribution in [0.2, 0.25) is 0 Å². The summed E-state index contributed by atoms with van der Waals surface area (Å²) in [5.41, 5.74) is 13.3. The van der Waals surface area contributed by atoms with Crippen molar-refractivity contribution in [3.8, 4) is 0 Å². The van der Waals surface area contributed by atoms with Crippen LogP contribution in [-0.2, 0) is 4.79 Å². The molecule has 0 saturated heterocycles. The zero-order valence-electron chi connectivity index (χ0n) is 22.2. The van der Waals surface area contributed by atoms with Crippen LogP contribution in [0.15, 0.2) is 72.8 Å². The van der Waals surface area contributed by atoms with Gasteiger partial charge in [0.05, 0.1) is 0 Å². The van der Waals surface area contributed by atoms with E-state index in [1.807, 2.05) is 60.7 Å². The Morgan fingerprint density at radius 1 is 0.694 bits per heavy atom. The number of carboxylic acids is 1. The number of benzene rings is 2. The van der Waals surface area contributed by atoms with Crippen molar-refractivity contribution in [2.75, 3.05) is 0 Å². The van der Waals surface area contributed by atoms with E-state index in [1.54, 1.807) is 4.58 Å². The van der Waals surface area contributed by atoms with Gasteiger partial charge in [-0.2, -0.15) is 4.58 Å². The Kier molecular flexibility index (Phi) is 18.2. The molecule has 0 amide bonds. The third kappa shape index (κ3) is 15.8. The Bertz CT molecular complexity index is 818. The molecular formula is C31H47N3O2. The second-order valence-electron chi connectivity index (χ2n) is 9.14. The van der Waals surface area contributed by atoms with Gasteiger partial charge in [-0.1, -0.05) is 107 Å². The third-order valence-corrected chi connectivity index (χ3v) is 5.93. The largest absolute Gasteiger partial charge is 0.550 e. The number of carbonyl (C=O) groups is 1. The molecule has 0 atom stereocenters. The zero-order chi connectivity index (χ0) is 26.3.